The number of hydrogen-bond acceptors (Lipinski definition) is 4. The van der Waals surface area contributed by atoms with Gasteiger partial charge in [0.25, 0.3) is 0 Å². The van der Waals surface area contributed by atoms with E-state index in [9.17, 15) is 9.59 Å². The minimum atomic E-state index is -0.319. The fraction of sp³-hybridized carbons (Fsp3) is 0.583. The van der Waals surface area contributed by atoms with Crippen molar-refractivity contribution in [3.63, 3.8) is 0 Å². The Morgan fingerprint density at radius 2 is 2.00 bits per heavy atom. The lowest BCUT2D eigenvalue weighted by atomic mass is 9.74. The lowest BCUT2D eigenvalue weighted by Crippen LogP contribution is -2.46. The second kappa shape index (κ2) is 8.91. The Kier molecular flexibility index (Phi) is 6.23. The van der Waals surface area contributed by atoms with Crippen molar-refractivity contribution in [1.82, 2.24) is 14.5 Å². The van der Waals surface area contributed by atoms with Crippen molar-refractivity contribution in [2.75, 3.05) is 31.6 Å². The van der Waals surface area contributed by atoms with Crippen LogP contribution in [0.15, 0.2) is 18.2 Å². The molecular formula is C24H34N4O3. The van der Waals surface area contributed by atoms with Gasteiger partial charge in [-0.25, -0.2) is 10.2 Å². The topological polar surface area (TPSA) is 66.8 Å². The predicted molar refractivity (Wildman–Crippen MR) is 122 cm³/mol. The highest BCUT2D eigenvalue weighted by atomic mass is 16.5. The number of ether oxygens (including phenoxy) is 1. The minimum Gasteiger partial charge on any atom is -0.459 e. The highest BCUT2D eigenvalue weighted by Crippen LogP contribution is 2.45. The maximum atomic E-state index is 12.9. The van der Waals surface area contributed by atoms with Crippen molar-refractivity contribution in [1.29, 1.82) is 0 Å². The Bertz CT molecular complexity index is 979. The van der Waals surface area contributed by atoms with Crippen LogP contribution < -0.4 is 5.43 Å². The van der Waals surface area contributed by atoms with Gasteiger partial charge in [-0.2, -0.15) is 0 Å². The summed E-state index contributed by atoms with van der Waals surface area (Å²) in [5.41, 5.74) is 7.52. The number of nitrogens with zero attached hydrogens (tertiary/aromatic N) is 3. The fourth-order valence-corrected chi connectivity index (χ4v) is 5.52. The van der Waals surface area contributed by atoms with Crippen LogP contribution in [0, 0.1) is 0 Å². The molecule has 1 N–H and O–H groups in total. The average molecular weight is 427 g/mol. The van der Waals surface area contributed by atoms with Gasteiger partial charge >= 0.3 is 12.0 Å². The summed E-state index contributed by atoms with van der Waals surface area (Å²) in [4.78, 5) is 28.9. The van der Waals surface area contributed by atoms with Crippen molar-refractivity contribution in [2.45, 2.75) is 65.5 Å². The quantitative estimate of drug-likeness (QED) is 0.713. The highest BCUT2D eigenvalue weighted by molar-refractivity contribution is 5.93. The van der Waals surface area contributed by atoms with Crippen LogP contribution in [-0.4, -0.2) is 58.7 Å². The van der Waals surface area contributed by atoms with Crippen LogP contribution in [0.4, 0.5) is 4.79 Å². The first-order valence-electron chi connectivity index (χ1n) is 11.6. The monoisotopic (exact) mass is 426 g/mol. The number of hydrogen-bond donors (Lipinski definition) is 1. The van der Waals surface area contributed by atoms with Gasteiger partial charge in [-0.1, -0.05) is 19.1 Å². The molecule has 0 unspecified atom stereocenters. The third-order valence-electron chi connectivity index (χ3n) is 7.02. The summed E-state index contributed by atoms with van der Waals surface area (Å²) >= 11 is 0. The molecule has 2 aliphatic rings. The molecule has 0 spiro atoms. The highest BCUT2D eigenvalue weighted by Gasteiger charge is 2.39. The smallest absolute Gasteiger partial charge is 0.336 e. The number of esters is 1. The first-order valence-corrected chi connectivity index (χ1v) is 11.6. The van der Waals surface area contributed by atoms with E-state index in [2.05, 4.69) is 35.4 Å². The molecule has 0 radical (unpaired) electrons. The summed E-state index contributed by atoms with van der Waals surface area (Å²) in [6.45, 7) is 11.2. The minimum absolute atomic E-state index is 0.144. The van der Waals surface area contributed by atoms with E-state index in [1.54, 1.807) is 4.90 Å². The van der Waals surface area contributed by atoms with E-state index in [0.29, 0.717) is 25.0 Å². The van der Waals surface area contributed by atoms with Gasteiger partial charge in [0.2, 0.25) is 0 Å². The van der Waals surface area contributed by atoms with Gasteiger partial charge < -0.3 is 9.64 Å². The van der Waals surface area contributed by atoms with Gasteiger partial charge in [0.05, 0.1) is 11.2 Å². The molecule has 168 valence electrons. The van der Waals surface area contributed by atoms with E-state index in [4.69, 9.17) is 4.74 Å². The molecule has 31 heavy (non-hydrogen) atoms. The lowest BCUT2D eigenvalue weighted by molar-refractivity contribution is -0.142. The first-order chi connectivity index (χ1) is 15.0. The Hall–Kier alpha value is -2.54. The summed E-state index contributed by atoms with van der Waals surface area (Å²) < 4.78 is 7.32. The van der Waals surface area contributed by atoms with Gasteiger partial charge in [0, 0.05) is 37.4 Å². The number of likely N-dealkylation sites (tertiary alicyclic amines) is 1. The summed E-state index contributed by atoms with van der Waals surface area (Å²) in [5.74, 6) is 0.182. The Labute approximate surface area is 184 Å². The number of amides is 2. The zero-order valence-electron chi connectivity index (χ0n) is 19.1. The molecule has 2 heterocycles. The Morgan fingerprint density at radius 1 is 1.23 bits per heavy atom. The normalized spacial score (nSPS) is 20.4. The van der Waals surface area contributed by atoms with Gasteiger partial charge in [0.15, 0.2) is 0 Å². The predicted octanol–water partition coefficient (Wildman–Crippen LogP) is 3.83. The van der Waals surface area contributed by atoms with Crippen LogP contribution in [0.3, 0.4) is 0 Å². The molecule has 0 bridgehead atoms. The molecule has 4 rings (SSSR count). The number of aromatic nitrogens is 1. The van der Waals surface area contributed by atoms with Crippen molar-refractivity contribution in [2.24, 2.45) is 0 Å². The Balaban J connectivity index is 1.85. The second-order valence-electron chi connectivity index (χ2n) is 8.52. The fourth-order valence-electron chi connectivity index (χ4n) is 5.52. The Morgan fingerprint density at radius 3 is 2.68 bits per heavy atom. The molecule has 2 atom stereocenters. The number of fused-ring (bicyclic) bond motifs is 2. The molecule has 2 aromatic rings. The second-order valence-corrected chi connectivity index (χ2v) is 8.52. The van der Waals surface area contributed by atoms with E-state index >= 15 is 0 Å². The summed E-state index contributed by atoms with van der Waals surface area (Å²) in [7, 11) is 0. The van der Waals surface area contributed by atoms with E-state index in [1.807, 2.05) is 18.5 Å². The van der Waals surface area contributed by atoms with E-state index in [-0.39, 0.29) is 18.6 Å². The van der Waals surface area contributed by atoms with Gasteiger partial charge in [-0.3, -0.25) is 14.4 Å². The van der Waals surface area contributed by atoms with Crippen LogP contribution >= 0.6 is 0 Å². The third kappa shape index (κ3) is 3.80. The number of benzene rings is 1. The number of carbonyl (C=O) groups is 2. The van der Waals surface area contributed by atoms with Crippen LogP contribution in [-0.2, 0) is 22.6 Å². The van der Waals surface area contributed by atoms with Crippen molar-refractivity contribution in [3.8, 4) is 0 Å². The zero-order valence-corrected chi connectivity index (χ0v) is 19.1. The third-order valence-corrected chi connectivity index (χ3v) is 7.02. The van der Waals surface area contributed by atoms with Crippen molar-refractivity contribution >= 4 is 22.9 Å². The molecule has 1 aliphatic heterocycles. The molecule has 1 aromatic heterocycles. The molecule has 1 aliphatic carbocycles. The SMILES string of the molecule is CCN(CC)C(=O)Nn1c(COC(C)=O)c2c3c(cccc31)[C@H]1CCCN(CC)[C@@H]1C2. The standard InChI is InChI=1S/C24H34N4O3/c1-5-26(6-2)24(30)25-28-20-12-8-10-18-17-11-9-13-27(7-3)21(17)14-19(23(18)20)22(28)15-31-16(4)29/h8,10,12,17,21H,5-7,9,11,13-15H2,1-4H3,(H,25,30)/t17-,21-/m1/s1. The van der Waals surface area contributed by atoms with Gasteiger partial charge in [-0.15, -0.1) is 0 Å². The first kappa shape index (κ1) is 21.7. The molecule has 1 fully saturated rings. The number of likely N-dealkylation sites (N-methyl/N-ethyl adjacent to an activating group) is 1. The van der Waals surface area contributed by atoms with Crippen molar-refractivity contribution in [3.05, 3.63) is 35.0 Å². The average Bonchev–Trinajstić information content (AvgIpc) is 3.06. The van der Waals surface area contributed by atoms with Crippen LogP contribution in [0.1, 0.15) is 63.3 Å². The summed E-state index contributed by atoms with van der Waals surface area (Å²) in [5, 5.41) is 1.23. The maximum absolute atomic E-state index is 12.9. The zero-order chi connectivity index (χ0) is 22.1. The number of urea groups is 1. The lowest BCUT2D eigenvalue weighted by Gasteiger charge is -2.44. The maximum Gasteiger partial charge on any atom is 0.336 e. The van der Waals surface area contributed by atoms with E-state index < -0.39 is 0 Å². The molecule has 1 saturated heterocycles. The van der Waals surface area contributed by atoms with Gasteiger partial charge in [-0.05, 0) is 63.4 Å². The molecule has 7 nitrogen and oxygen atoms in total. The molecule has 0 saturated carbocycles. The molecular weight excluding hydrogens is 392 g/mol. The molecule has 1 aromatic carbocycles. The summed E-state index contributed by atoms with van der Waals surface area (Å²) in [6.07, 6.45) is 3.31. The summed E-state index contributed by atoms with van der Waals surface area (Å²) in [6, 6.07) is 6.69. The van der Waals surface area contributed by atoms with E-state index in [0.717, 1.165) is 30.7 Å². The largest absolute Gasteiger partial charge is 0.459 e. The number of piperidine rings is 1. The van der Waals surface area contributed by atoms with Crippen LogP contribution in [0.2, 0.25) is 0 Å². The van der Waals surface area contributed by atoms with Crippen molar-refractivity contribution < 1.29 is 14.3 Å². The van der Waals surface area contributed by atoms with E-state index in [1.165, 1.54) is 36.3 Å². The van der Waals surface area contributed by atoms with Crippen LogP contribution in [0.25, 0.3) is 10.9 Å². The van der Waals surface area contributed by atoms with Crippen LogP contribution in [0.5, 0.6) is 0 Å². The van der Waals surface area contributed by atoms with Gasteiger partial charge in [0.1, 0.15) is 6.61 Å². The number of nitrogens with one attached hydrogen (secondary N) is 1. The number of rotatable bonds is 6. The number of carbonyl (C=O) groups excluding carboxylic acids is 2. The molecule has 2 amide bonds. The molecule has 7 heteroatoms.